The molecule has 0 fully saturated rings. The molecule has 9 rings (SSSR count). The van der Waals surface area contributed by atoms with Crippen LogP contribution in [0.5, 0.6) is 0 Å². The van der Waals surface area contributed by atoms with Crippen LogP contribution in [0.3, 0.4) is 0 Å². The molecule has 0 spiro atoms. The smallest absolute Gasteiger partial charge is 0.195 e. The molecule has 0 saturated carbocycles. The zero-order valence-corrected chi connectivity index (χ0v) is 27.5. The van der Waals surface area contributed by atoms with E-state index in [0.29, 0.717) is 90.1 Å². The molecule has 2 aromatic carbocycles. The minimum absolute atomic E-state index is 0.221. The number of nitrogens with zero attached hydrogens (tertiary/aromatic N) is 6. The summed E-state index contributed by atoms with van der Waals surface area (Å²) in [5.41, 5.74) is 9.20. The molecule has 0 N–H and O–H groups in total. The highest BCUT2D eigenvalue weighted by Gasteiger charge is 2.34. The molecule has 244 valence electrons. The number of aromatic nitrogens is 6. The fourth-order valence-corrected chi connectivity index (χ4v) is 6.68. The molecule has 0 atom stereocenters. The molecule has 8 nitrogen and oxygen atoms in total. The topological polar surface area (TPSA) is 111 Å². The molecular formula is C44H26N6O2. The first kappa shape index (κ1) is 30.7. The maximum absolute atomic E-state index is 15.0. The van der Waals surface area contributed by atoms with Crippen molar-refractivity contribution in [2.24, 2.45) is 0 Å². The van der Waals surface area contributed by atoms with E-state index in [9.17, 15) is 4.79 Å². The molecule has 52 heavy (non-hydrogen) atoms. The maximum atomic E-state index is 15.0. The van der Waals surface area contributed by atoms with Crippen LogP contribution in [-0.2, 0) is 0 Å². The van der Waals surface area contributed by atoms with E-state index in [1.807, 2.05) is 121 Å². The quantitative estimate of drug-likeness (QED) is 0.173. The van der Waals surface area contributed by atoms with Gasteiger partial charge in [-0.2, -0.15) is 0 Å². The van der Waals surface area contributed by atoms with Crippen molar-refractivity contribution in [2.45, 2.75) is 0 Å². The average Bonchev–Trinajstić information content (AvgIpc) is 3.23. The van der Waals surface area contributed by atoms with Gasteiger partial charge in [0.05, 0.1) is 45.6 Å². The number of carbonyl (C=O) groups is 2. The lowest BCUT2D eigenvalue weighted by Gasteiger charge is -2.23. The van der Waals surface area contributed by atoms with E-state index in [-0.39, 0.29) is 11.6 Å². The molecule has 0 unspecified atom stereocenters. The zero-order valence-electron chi connectivity index (χ0n) is 27.5. The summed E-state index contributed by atoms with van der Waals surface area (Å²) in [6.45, 7) is 0. The van der Waals surface area contributed by atoms with Gasteiger partial charge in [-0.05, 0) is 95.1 Å². The van der Waals surface area contributed by atoms with Crippen molar-refractivity contribution < 1.29 is 9.59 Å². The van der Waals surface area contributed by atoms with Crippen LogP contribution in [0.2, 0.25) is 0 Å². The number of pyridine rings is 6. The van der Waals surface area contributed by atoms with E-state index in [4.69, 9.17) is 9.97 Å². The minimum atomic E-state index is -0.248. The largest absolute Gasteiger partial charge is 0.289 e. The Morgan fingerprint density at radius 3 is 0.942 bits per heavy atom. The third-order valence-corrected chi connectivity index (χ3v) is 9.05. The van der Waals surface area contributed by atoms with Crippen molar-refractivity contribution >= 4 is 11.6 Å². The fourth-order valence-electron chi connectivity index (χ4n) is 6.68. The summed E-state index contributed by atoms with van der Waals surface area (Å²) in [5, 5.41) is 0. The van der Waals surface area contributed by atoms with Crippen molar-refractivity contribution in [3.8, 4) is 67.8 Å². The summed E-state index contributed by atoms with van der Waals surface area (Å²) < 4.78 is 0. The van der Waals surface area contributed by atoms with Crippen molar-refractivity contribution in [1.82, 2.24) is 29.9 Å². The second-order valence-corrected chi connectivity index (χ2v) is 12.2. The molecule has 0 radical (unpaired) electrons. The summed E-state index contributed by atoms with van der Waals surface area (Å²) in [6.07, 6.45) is 6.86. The van der Waals surface area contributed by atoms with E-state index < -0.39 is 0 Å². The Balaban J connectivity index is 1.24. The highest BCUT2D eigenvalue weighted by atomic mass is 16.1. The molecular weight excluding hydrogens is 645 g/mol. The van der Waals surface area contributed by atoms with E-state index in [1.165, 1.54) is 0 Å². The number of benzene rings is 2. The Labute approximate surface area is 298 Å². The summed E-state index contributed by atoms with van der Waals surface area (Å²) in [4.78, 5) is 57.4. The second kappa shape index (κ2) is 12.9. The fraction of sp³-hybridized carbons (Fsp3) is 0. The van der Waals surface area contributed by atoms with Crippen LogP contribution >= 0.6 is 0 Å². The first-order valence-corrected chi connectivity index (χ1v) is 16.7. The van der Waals surface area contributed by atoms with Gasteiger partial charge in [-0.25, -0.2) is 9.97 Å². The van der Waals surface area contributed by atoms with Gasteiger partial charge in [0, 0.05) is 47.0 Å². The summed E-state index contributed by atoms with van der Waals surface area (Å²) in [7, 11) is 0. The third-order valence-electron chi connectivity index (χ3n) is 9.05. The Hall–Kier alpha value is -7.32. The van der Waals surface area contributed by atoms with Crippen LogP contribution < -0.4 is 0 Å². The van der Waals surface area contributed by atoms with E-state index in [1.54, 1.807) is 36.9 Å². The monoisotopic (exact) mass is 670 g/mol. The highest BCUT2D eigenvalue weighted by molar-refractivity contribution is 6.32. The molecule has 1 aliphatic carbocycles. The number of hydrogen-bond acceptors (Lipinski definition) is 8. The van der Waals surface area contributed by atoms with Crippen molar-refractivity contribution in [1.29, 1.82) is 0 Å². The van der Waals surface area contributed by atoms with Gasteiger partial charge in [-0.1, -0.05) is 60.7 Å². The molecule has 0 amide bonds. The van der Waals surface area contributed by atoms with Gasteiger partial charge in [0.25, 0.3) is 0 Å². The van der Waals surface area contributed by atoms with Crippen molar-refractivity contribution in [3.63, 3.8) is 0 Å². The number of hydrogen-bond donors (Lipinski definition) is 0. The van der Waals surface area contributed by atoms with Crippen LogP contribution in [0.25, 0.3) is 67.8 Å². The molecule has 1 aliphatic rings. The van der Waals surface area contributed by atoms with Crippen LogP contribution in [0.1, 0.15) is 31.8 Å². The van der Waals surface area contributed by atoms with Crippen LogP contribution in [0, 0.1) is 0 Å². The van der Waals surface area contributed by atoms with Crippen LogP contribution in [0.4, 0.5) is 0 Å². The number of fused-ring (bicyclic) bond motifs is 2. The van der Waals surface area contributed by atoms with Crippen LogP contribution in [0.15, 0.2) is 158 Å². The Bertz CT molecular complexity index is 2350. The lowest BCUT2D eigenvalue weighted by Crippen LogP contribution is -2.22. The first-order chi connectivity index (χ1) is 25.6. The molecule has 6 aromatic heterocycles. The molecule has 6 heterocycles. The predicted molar refractivity (Wildman–Crippen MR) is 199 cm³/mol. The third kappa shape index (κ3) is 5.45. The molecule has 0 bridgehead atoms. The lowest BCUT2D eigenvalue weighted by molar-refractivity contribution is 0.0980. The van der Waals surface area contributed by atoms with Gasteiger partial charge in [0.1, 0.15) is 0 Å². The Morgan fingerprint density at radius 2 is 0.635 bits per heavy atom. The number of ketones is 2. The van der Waals surface area contributed by atoms with Gasteiger partial charge in [-0.3, -0.25) is 29.5 Å². The molecule has 8 heteroatoms. The van der Waals surface area contributed by atoms with Gasteiger partial charge >= 0.3 is 0 Å². The van der Waals surface area contributed by atoms with Gasteiger partial charge in [-0.15, -0.1) is 0 Å². The zero-order chi connectivity index (χ0) is 35.0. The predicted octanol–water partition coefficient (Wildman–Crippen LogP) is 8.83. The minimum Gasteiger partial charge on any atom is -0.289 e. The normalized spacial score (nSPS) is 11.9. The van der Waals surface area contributed by atoms with Gasteiger partial charge in [0.15, 0.2) is 11.6 Å². The summed E-state index contributed by atoms with van der Waals surface area (Å²) in [6, 6.07) is 41.0. The van der Waals surface area contributed by atoms with Gasteiger partial charge in [0.2, 0.25) is 0 Å². The maximum Gasteiger partial charge on any atom is 0.195 e. The first-order valence-electron chi connectivity index (χ1n) is 16.7. The molecule has 0 aliphatic heterocycles. The number of rotatable bonds is 6. The standard InChI is InChI=1S/C44H26N6O2/c51-43-31-13-9-11-29(27-23-37(33-15-1-5-19-45-33)49-38(24-27)34-16-2-6-20-46-34)41(31)44(52)42-30(12-10-14-32(42)43)28-25-39(35-17-3-7-21-47-35)50-40(26-28)36-18-4-8-22-48-36/h1-26H. The van der Waals surface area contributed by atoms with E-state index in [2.05, 4.69) is 19.9 Å². The summed E-state index contributed by atoms with van der Waals surface area (Å²) >= 11 is 0. The van der Waals surface area contributed by atoms with Gasteiger partial charge < -0.3 is 0 Å². The van der Waals surface area contributed by atoms with Crippen LogP contribution in [-0.4, -0.2) is 41.5 Å². The average molecular weight is 671 g/mol. The van der Waals surface area contributed by atoms with Crippen molar-refractivity contribution in [2.75, 3.05) is 0 Å². The molecule has 8 aromatic rings. The van der Waals surface area contributed by atoms with Crippen molar-refractivity contribution in [3.05, 3.63) is 181 Å². The SMILES string of the molecule is O=C1c2cccc(-c3cc(-c4ccccn4)nc(-c4ccccn4)c3)c2C(=O)c2c1cccc2-c1cc(-c2ccccn2)nc(-c2ccccn2)c1. The molecule has 0 saturated heterocycles. The Kier molecular flexibility index (Phi) is 7.59. The van der Waals surface area contributed by atoms with E-state index >= 15 is 4.79 Å². The lowest BCUT2D eigenvalue weighted by atomic mass is 9.77. The van der Waals surface area contributed by atoms with E-state index in [0.717, 1.165) is 0 Å². The summed E-state index contributed by atoms with van der Waals surface area (Å²) in [5.74, 6) is -0.469. The second-order valence-electron chi connectivity index (χ2n) is 12.2. The highest BCUT2D eigenvalue weighted by Crippen LogP contribution is 2.41. The number of carbonyl (C=O) groups excluding carboxylic acids is 2. The Morgan fingerprint density at radius 1 is 0.308 bits per heavy atom.